The number of hydrogen-bond donors (Lipinski definition) is 2. The number of hydrogen-bond acceptors (Lipinski definition) is 4. The molecule has 1 unspecified atom stereocenters. The van der Waals surface area contributed by atoms with E-state index in [4.69, 9.17) is 10.5 Å². The van der Waals surface area contributed by atoms with E-state index in [2.05, 4.69) is 17.2 Å². The molecule has 5 nitrogen and oxygen atoms in total. The van der Waals surface area contributed by atoms with Crippen LogP contribution >= 0.6 is 0 Å². The van der Waals surface area contributed by atoms with Crippen molar-refractivity contribution in [2.45, 2.75) is 51.6 Å². The standard InChI is InChI=1S/C16H27N3O2/c1-5-16(9-10-17,13-8-6-7-11-18-13)12-19-14(20)21-15(2,3)4/h6-8,11H,5,9-10,12,17H2,1-4H3,(H,19,20). The second-order valence-corrected chi connectivity index (χ2v) is 6.24. The zero-order chi connectivity index (χ0) is 15.9. The molecule has 1 rings (SSSR count). The Bertz CT molecular complexity index is 443. The quantitative estimate of drug-likeness (QED) is 0.845. The van der Waals surface area contributed by atoms with Crippen LogP contribution in [0.3, 0.4) is 0 Å². The summed E-state index contributed by atoms with van der Waals surface area (Å²) in [7, 11) is 0. The Balaban J connectivity index is 2.82. The number of carbonyl (C=O) groups excluding carboxylic acids is 1. The molecule has 0 bridgehead atoms. The number of nitrogens with one attached hydrogen (secondary N) is 1. The maximum absolute atomic E-state index is 11.9. The Labute approximate surface area is 127 Å². The van der Waals surface area contributed by atoms with E-state index in [1.54, 1.807) is 6.20 Å². The van der Waals surface area contributed by atoms with Crippen LogP contribution in [0.2, 0.25) is 0 Å². The number of aromatic nitrogens is 1. The van der Waals surface area contributed by atoms with Gasteiger partial charge in [-0.15, -0.1) is 0 Å². The van der Waals surface area contributed by atoms with Crippen molar-refractivity contribution in [2.75, 3.05) is 13.1 Å². The van der Waals surface area contributed by atoms with E-state index in [0.29, 0.717) is 13.1 Å². The van der Waals surface area contributed by atoms with E-state index in [-0.39, 0.29) is 5.41 Å². The van der Waals surface area contributed by atoms with Gasteiger partial charge in [-0.3, -0.25) is 4.98 Å². The van der Waals surface area contributed by atoms with Gasteiger partial charge in [-0.25, -0.2) is 4.79 Å². The van der Waals surface area contributed by atoms with Crippen LogP contribution in [0.15, 0.2) is 24.4 Å². The molecule has 1 amide bonds. The van der Waals surface area contributed by atoms with Crippen LogP contribution in [-0.2, 0) is 10.2 Å². The lowest BCUT2D eigenvalue weighted by molar-refractivity contribution is 0.0511. The molecule has 0 aliphatic carbocycles. The van der Waals surface area contributed by atoms with Crippen LogP contribution in [0.4, 0.5) is 4.79 Å². The molecule has 0 aromatic carbocycles. The predicted molar refractivity (Wildman–Crippen MR) is 84.1 cm³/mol. The molecule has 0 radical (unpaired) electrons. The summed E-state index contributed by atoms with van der Waals surface area (Å²) in [6.07, 6.45) is 2.96. The molecule has 3 N–H and O–H groups in total. The smallest absolute Gasteiger partial charge is 0.407 e. The molecule has 0 saturated heterocycles. The summed E-state index contributed by atoms with van der Waals surface area (Å²) < 4.78 is 5.29. The highest BCUT2D eigenvalue weighted by Gasteiger charge is 2.32. The Morgan fingerprint density at radius 3 is 2.57 bits per heavy atom. The van der Waals surface area contributed by atoms with Crippen molar-refractivity contribution in [3.8, 4) is 0 Å². The van der Waals surface area contributed by atoms with Gasteiger partial charge in [0.15, 0.2) is 0 Å². The van der Waals surface area contributed by atoms with Crippen LogP contribution in [0.1, 0.15) is 46.2 Å². The number of nitrogens with zero attached hydrogens (tertiary/aromatic N) is 1. The molecule has 1 aromatic rings. The van der Waals surface area contributed by atoms with E-state index in [0.717, 1.165) is 18.5 Å². The second kappa shape index (κ2) is 7.41. The molecular weight excluding hydrogens is 266 g/mol. The molecule has 118 valence electrons. The largest absolute Gasteiger partial charge is 0.444 e. The summed E-state index contributed by atoms with van der Waals surface area (Å²) in [6.45, 7) is 8.63. The third-order valence-electron chi connectivity index (χ3n) is 3.48. The predicted octanol–water partition coefficient (Wildman–Crippen LogP) is 2.60. The van der Waals surface area contributed by atoms with Crippen molar-refractivity contribution in [3.05, 3.63) is 30.1 Å². The molecule has 21 heavy (non-hydrogen) atoms. The molecule has 0 saturated carbocycles. The highest BCUT2D eigenvalue weighted by atomic mass is 16.6. The fraction of sp³-hybridized carbons (Fsp3) is 0.625. The Kier molecular flexibility index (Phi) is 6.15. The minimum atomic E-state index is -0.502. The first kappa shape index (κ1) is 17.4. The number of alkyl carbamates (subject to hydrolysis) is 1. The fourth-order valence-corrected chi connectivity index (χ4v) is 2.30. The zero-order valence-corrected chi connectivity index (χ0v) is 13.5. The number of ether oxygens (including phenoxy) is 1. The lowest BCUT2D eigenvalue weighted by Crippen LogP contribution is -2.44. The monoisotopic (exact) mass is 293 g/mol. The molecule has 0 aliphatic heterocycles. The van der Waals surface area contributed by atoms with E-state index >= 15 is 0 Å². The van der Waals surface area contributed by atoms with Gasteiger partial charge in [0.1, 0.15) is 5.60 Å². The van der Waals surface area contributed by atoms with Crippen molar-refractivity contribution < 1.29 is 9.53 Å². The topological polar surface area (TPSA) is 77.2 Å². The van der Waals surface area contributed by atoms with Gasteiger partial charge in [-0.1, -0.05) is 13.0 Å². The summed E-state index contributed by atoms with van der Waals surface area (Å²) >= 11 is 0. The van der Waals surface area contributed by atoms with Crippen LogP contribution in [-0.4, -0.2) is 29.8 Å². The Hall–Kier alpha value is -1.62. The lowest BCUT2D eigenvalue weighted by atomic mass is 9.78. The van der Waals surface area contributed by atoms with Crippen LogP contribution < -0.4 is 11.1 Å². The van der Waals surface area contributed by atoms with Gasteiger partial charge in [0.2, 0.25) is 0 Å². The van der Waals surface area contributed by atoms with Gasteiger partial charge < -0.3 is 15.8 Å². The lowest BCUT2D eigenvalue weighted by Gasteiger charge is -2.32. The third-order valence-corrected chi connectivity index (χ3v) is 3.48. The first-order valence-electron chi connectivity index (χ1n) is 7.41. The number of pyridine rings is 1. The highest BCUT2D eigenvalue weighted by Crippen LogP contribution is 2.29. The molecule has 0 fully saturated rings. The first-order chi connectivity index (χ1) is 9.83. The number of rotatable bonds is 6. The van der Waals surface area contributed by atoms with Gasteiger partial charge in [0.25, 0.3) is 0 Å². The summed E-state index contributed by atoms with van der Waals surface area (Å²) in [5.74, 6) is 0. The van der Waals surface area contributed by atoms with Crippen molar-refractivity contribution in [2.24, 2.45) is 5.73 Å². The molecular formula is C16H27N3O2. The van der Waals surface area contributed by atoms with E-state index < -0.39 is 11.7 Å². The second-order valence-electron chi connectivity index (χ2n) is 6.24. The van der Waals surface area contributed by atoms with Crippen LogP contribution in [0, 0.1) is 0 Å². The maximum Gasteiger partial charge on any atom is 0.407 e. The minimum Gasteiger partial charge on any atom is -0.444 e. The average molecular weight is 293 g/mol. The summed E-state index contributed by atoms with van der Waals surface area (Å²) in [6, 6.07) is 5.82. The molecule has 1 aromatic heterocycles. The highest BCUT2D eigenvalue weighted by molar-refractivity contribution is 5.67. The minimum absolute atomic E-state index is 0.257. The van der Waals surface area contributed by atoms with Gasteiger partial charge in [-0.2, -0.15) is 0 Å². The number of nitrogens with two attached hydrogens (primary N) is 1. The van der Waals surface area contributed by atoms with Crippen LogP contribution in [0.5, 0.6) is 0 Å². The van der Waals surface area contributed by atoms with Gasteiger partial charge in [-0.05, 0) is 52.3 Å². The maximum atomic E-state index is 11.9. The molecule has 5 heteroatoms. The first-order valence-corrected chi connectivity index (χ1v) is 7.41. The SMILES string of the molecule is CCC(CCN)(CNC(=O)OC(C)(C)C)c1ccccn1. The van der Waals surface area contributed by atoms with Crippen molar-refractivity contribution in [1.29, 1.82) is 0 Å². The fourth-order valence-electron chi connectivity index (χ4n) is 2.30. The summed E-state index contributed by atoms with van der Waals surface area (Å²) in [4.78, 5) is 16.3. The molecule has 1 atom stereocenters. The third kappa shape index (κ3) is 5.34. The molecule has 0 aliphatic rings. The Morgan fingerprint density at radius 2 is 2.10 bits per heavy atom. The number of amides is 1. The normalized spacial score (nSPS) is 14.3. The van der Waals surface area contributed by atoms with Gasteiger partial charge in [0.05, 0.1) is 0 Å². The summed E-state index contributed by atoms with van der Waals surface area (Å²) in [5.41, 5.74) is 5.96. The van der Waals surface area contributed by atoms with E-state index in [9.17, 15) is 4.79 Å². The van der Waals surface area contributed by atoms with Gasteiger partial charge >= 0.3 is 6.09 Å². The Morgan fingerprint density at radius 1 is 1.38 bits per heavy atom. The average Bonchev–Trinajstić information content (AvgIpc) is 2.43. The zero-order valence-electron chi connectivity index (χ0n) is 13.5. The van der Waals surface area contributed by atoms with E-state index in [1.807, 2.05) is 39.0 Å². The van der Waals surface area contributed by atoms with Crippen molar-refractivity contribution in [1.82, 2.24) is 10.3 Å². The summed E-state index contributed by atoms with van der Waals surface area (Å²) in [5, 5.41) is 2.86. The van der Waals surface area contributed by atoms with Crippen LogP contribution in [0.25, 0.3) is 0 Å². The van der Waals surface area contributed by atoms with E-state index in [1.165, 1.54) is 0 Å². The van der Waals surface area contributed by atoms with Gasteiger partial charge in [0, 0.05) is 23.9 Å². The van der Waals surface area contributed by atoms with Crippen molar-refractivity contribution in [3.63, 3.8) is 0 Å². The van der Waals surface area contributed by atoms with Crippen molar-refractivity contribution >= 4 is 6.09 Å². The number of carbonyl (C=O) groups is 1. The molecule has 0 spiro atoms. The molecule has 1 heterocycles.